The minimum atomic E-state index is -0.602. The van der Waals surface area contributed by atoms with Crippen LogP contribution in [0, 0.1) is 0 Å². The van der Waals surface area contributed by atoms with Gasteiger partial charge in [0.1, 0.15) is 0 Å². The summed E-state index contributed by atoms with van der Waals surface area (Å²) in [5, 5.41) is 3.15. The standard InChI is InChI=1S/C27H36N4O4/c1-30-25(19-10-8-11-28-18-19)24(20-16-22(34-2)23(35-3)17-21(20)27(30)33)26(32)29-12-9-15-31-13-6-4-5-7-14-31/h8,10-11,16-18,24-25H,4-7,9,12-15H2,1-3H3,(H,29,32)/t24-,25+/m0/s1. The van der Waals surface area contributed by atoms with Crippen molar-refractivity contribution in [3.63, 3.8) is 0 Å². The van der Waals surface area contributed by atoms with Crippen LogP contribution in [0.3, 0.4) is 0 Å². The molecule has 1 saturated heterocycles. The predicted molar refractivity (Wildman–Crippen MR) is 134 cm³/mol. The van der Waals surface area contributed by atoms with Gasteiger partial charge in [-0.25, -0.2) is 0 Å². The van der Waals surface area contributed by atoms with E-state index in [2.05, 4.69) is 15.2 Å². The summed E-state index contributed by atoms with van der Waals surface area (Å²) in [6.45, 7) is 3.85. The van der Waals surface area contributed by atoms with Crippen molar-refractivity contribution in [3.05, 3.63) is 53.3 Å². The Morgan fingerprint density at radius 2 is 1.83 bits per heavy atom. The lowest BCUT2D eigenvalue weighted by molar-refractivity contribution is -0.124. The van der Waals surface area contributed by atoms with Crippen molar-refractivity contribution >= 4 is 11.8 Å². The highest BCUT2D eigenvalue weighted by Crippen LogP contribution is 2.45. The van der Waals surface area contributed by atoms with Gasteiger partial charge in [-0.1, -0.05) is 18.9 Å². The molecule has 2 amide bonds. The number of likely N-dealkylation sites (N-methyl/N-ethyl adjacent to an activating group) is 1. The molecule has 0 bridgehead atoms. The van der Waals surface area contributed by atoms with Gasteiger partial charge in [-0.3, -0.25) is 14.6 Å². The molecule has 35 heavy (non-hydrogen) atoms. The number of fused-ring (bicyclic) bond motifs is 1. The average Bonchev–Trinajstić information content (AvgIpc) is 3.17. The van der Waals surface area contributed by atoms with E-state index in [0.717, 1.165) is 31.6 Å². The Hall–Kier alpha value is -3.13. The van der Waals surface area contributed by atoms with E-state index in [9.17, 15) is 9.59 Å². The third kappa shape index (κ3) is 5.42. The Labute approximate surface area is 207 Å². The number of hydrogen-bond donors (Lipinski definition) is 1. The number of rotatable bonds is 8. The van der Waals surface area contributed by atoms with Crippen LogP contribution in [0.5, 0.6) is 11.5 Å². The number of methoxy groups -OCH3 is 2. The molecule has 4 rings (SSSR count). The second-order valence-electron chi connectivity index (χ2n) is 9.32. The maximum Gasteiger partial charge on any atom is 0.254 e. The highest BCUT2D eigenvalue weighted by Gasteiger charge is 2.43. The first-order valence-corrected chi connectivity index (χ1v) is 12.5. The largest absolute Gasteiger partial charge is 0.493 e. The summed E-state index contributed by atoms with van der Waals surface area (Å²) >= 11 is 0. The lowest BCUT2D eigenvalue weighted by Gasteiger charge is -2.40. The van der Waals surface area contributed by atoms with E-state index in [-0.39, 0.29) is 11.8 Å². The van der Waals surface area contributed by atoms with Crippen LogP contribution in [-0.4, -0.2) is 74.0 Å². The van der Waals surface area contributed by atoms with E-state index < -0.39 is 12.0 Å². The maximum atomic E-state index is 13.7. The number of pyridine rings is 1. The zero-order valence-corrected chi connectivity index (χ0v) is 21.0. The third-order valence-corrected chi connectivity index (χ3v) is 7.13. The number of ether oxygens (including phenoxy) is 2. The molecule has 8 nitrogen and oxygen atoms in total. The quantitative estimate of drug-likeness (QED) is 0.583. The number of nitrogens with zero attached hydrogens (tertiary/aromatic N) is 3. The van der Waals surface area contributed by atoms with Gasteiger partial charge < -0.3 is 24.6 Å². The van der Waals surface area contributed by atoms with E-state index in [1.807, 2.05) is 12.1 Å². The fraction of sp³-hybridized carbons (Fsp3) is 0.519. The normalized spacial score (nSPS) is 20.7. The first-order valence-electron chi connectivity index (χ1n) is 12.5. The van der Waals surface area contributed by atoms with Crippen LogP contribution in [0.1, 0.15) is 65.5 Å². The van der Waals surface area contributed by atoms with Crippen LogP contribution in [0.4, 0.5) is 0 Å². The van der Waals surface area contributed by atoms with Crippen molar-refractivity contribution in [3.8, 4) is 11.5 Å². The lowest BCUT2D eigenvalue weighted by atomic mass is 9.79. The number of benzene rings is 1. The van der Waals surface area contributed by atoms with Crippen LogP contribution in [0.2, 0.25) is 0 Å². The summed E-state index contributed by atoms with van der Waals surface area (Å²) in [7, 11) is 4.82. The number of carbonyl (C=O) groups excluding carboxylic acids is 2. The van der Waals surface area contributed by atoms with Gasteiger partial charge in [0.15, 0.2) is 11.5 Å². The molecule has 2 aliphatic heterocycles. The lowest BCUT2D eigenvalue weighted by Crippen LogP contribution is -2.46. The average molecular weight is 481 g/mol. The summed E-state index contributed by atoms with van der Waals surface area (Å²) in [4.78, 5) is 35.4. The molecule has 1 aromatic carbocycles. The molecule has 1 fully saturated rings. The summed E-state index contributed by atoms with van der Waals surface area (Å²) < 4.78 is 10.9. The van der Waals surface area contributed by atoms with Crippen molar-refractivity contribution < 1.29 is 19.1 Å². The summed E-state index contributed by atoms with van der Waals surface area (Å²) in [6, 6.07) is 6.70. The number of likely N-dealkylation sites (tertiary alicyclic amines) is 1. The minimum Gasteiger partial charge on any atom is -0.493 e. The number of carbonyl (C=O) groups is 2. The Morgan fingerprint density at radius 3 is 2.49 bits per heavy atom. The van der Waals surface area contributed by atoms with Gasteiger partial charge >= 0.3 is 0 Å². The van der Waals surface area contributed by atoms with Crippen molar-refractivity contribution in [1.29, 1.82) is 0 Å². The molecule has 1 N–H and O–H groups in total. The van der Waals surface area contributed by atoms with Crippen molar-refractivity contribution in [1.82, 2.24) is 20.1 Å². The Kier molecular flexibility index (Phi) is 8.23. The van der Waals surface area contributed by atoms with E-state index in [4.69, 9.17) is 9.47 Å². The fourth-order valence-corrected chi connectivity index (χ4v) is 5.28. The zero-order valence-electron chi connectivity index (χ0n) is 21.0. The van der Waals surface area contributed by atoms with Crippen LogP contribution in [0.25, 0.3) is 0 Å². The maximum absolute atomic E-state index is 13.7. The van der Waals surface area contributed by atoms with Gasteiger partial charge in [0.25, 0.3) is 5.91 Å². The molecule has 188 valence electrons. The molecule has 0 spiro atoms. The fourth-order valence-electron chi connectivity index (χ4n) is 5.28. The van der Waals surface area contributed by atoms with Gasteiger partial charge in [0.05, 0.1) is 26.2 Å². The third-order valence-electron chi connectivity index (χ3n) is 7.13. The zero-order chi connectivity index (χ0) is 24.8. The number of hydrogen-bond acceptors (Lipinski definition) is 6. The Bertz CT molecular complexity index is 1020. The van der Waals surface area contributed by atoms with Crippen molar-refractivity contribution in [2.75, 3.05) is 47.4 Å². The topological polar surface area (TPSA) is 84.0 Å². The van der Waals surface area contributed by atoms with Crippen LogP contribution < -0.4 is 14.8 Å². The van der Waals surface area contributed by atoms with Crippen molar-refractivity contribution in [2.24, 2.45) is 0 Å². The molecule has 2 aromatic rings. The van der Waals surface area contributed by atoms with Crippen molar-refractivity contribution in [2.45, 2.75) is 44.1 Å². The Morgan fingerprint density at radius 1 is 1.11 bits per heavy atom. The second kappa shape index (κ2) is 11.5. The smallest absolute Gasteiger partial charge is 0.254 e. The molecular formula is C27H36N4O4. The highest BCUT2D eigenvalue weighted by atomic mass is 16.5. The summed E-state index contributed by atoms with van der Waals surface area (Å²) in [6.07, 6.45) is 9.43. The number of aromatic nitrogens is 1. The van der Waals surface area contributed by atoms with Crippen LogP contribution >= 0.6 is 0 Å². The molecule has 0 aliphatic carbocycles. The Balaban J connectivity index is 1.60. The van der Waals surface area contributed by atoms with Crippen LogP contribution in [-0.2, 0) is 4.79 Å². The number of nitrogens with one attached hydrogen (secondary N) is 1. The molecule has 2 atom stereocenters. The van der Waals surface area contributed by atoms with Crippen LogP contribution in [0.15, 0.2) is 36.7 Å². The van der Waals surface area contributed by atoms with Gasteiger partial charge in [0, 0.05) is 31.5 Å². The molecule has 0 radical (unpaired) electrons. The van der Waals surface area contributed by atoms with E-state index in [1.54, 1.807) is 43.6 Å². The minimum absolute atomic E-state index is 0.109. The van der Waals surface area contributed by atoms with Gasteiger partial charge in [-0.15, -0.1) is 0 Å². The SMILES string of the molecule is COc1cc2c(cc1OC)[C@H](C(=O)NCCCN1CCCCCC1)[C@@H](c1cccnc1)N(C)C2=O. The first-order chi connectivity index (χ1) is 17.0. The van der Waals surface area contributed by atoms with Gasteiger partial charge in [-0.2, -0.15) is 0 Å². The van der Waals surface area contributed by atoms with Gasteiger partial charge in [-0.05, 0) is 68.2 Å². The predicted octanol–water partition coefficient (Wildman–Crippen LogP) is 3.39. The summed E-state index contributed by atoms with van der Waals surface area (Å²) in [5.41, 5.74) is 1.91. The molecular weight excluding hydrogens is 444 g/mol. The molecule has 0 unspecified atom stereocenters. The van der Waals surface area contributed by atoms with Gasteiger partial charge in [0.2, 0.25) is 5.91 Å². The molecule has 2 aliphatic rings. The molecule has 0 saturated carbocycles. The van der Waals surface area contributed by atoms with E-state index >= 15 is 0 Å². The first kappa shape index (κ1) is 25.0. The molecule has 1 aromatic heterocycles. The van der Waals surface area contributed by atoms with E-state index in [0.29, 0.717) is 29.2 Å². The monoisotopic (exact) mass is 480 g/mol. The molecule has 3 heterocycles. The number of amides is 2. The highest BCUT2D eigenvalue weighted by molar-refractivity contribution is 6.02. The van der Waals surface area contributed by atoms with E-state index in [1.165, 1.54) is 32.8 Å². The molecule has 8 heteroatoms. The second-order valence-corrected chi connectivity index (χ2v) is 9.32. The summed E-state index contributed by atoms with van der Waals surface area (Å²) in [5.74, 6) is 0.0781.